The second-order valence-electron chi connectivity index (χ2n) is 11.1. The van der Waals surface area contributed by atoms with Crippen molar-refractivity contribution in [2.24, 2.45) is 5.73 Å². The van der Waals surface area contributed by atoms with Crippen molar-refractivity contribution in [3.63, 3.8) is 0 Å². The van der Waals surface area contributed by atoms with E-state index in [1.165, 1.54) is 6.07 Å². The normalized spacial score (nSPS) is 17.8. The van der Waals surface area contributed by atoms with E-state index in [0.717, 1.165) is 34.4 Å². The predicted molar refractivity (Wildman–Crippen MR) is 163 cm³/mol. The number of fused-ring (bicyclic) bond motifs is 1. The molecule has 2 atom stereocenters. The maximum Gasteiger partial charge on any atom is 0.336 e. The smallest absolute Gasteiger partial charge is 0.336 e. The van der Waals surface area contributed by atoms with Gasteiger partial charge in [0.1, 0.15) is 5.84 Å². The third kappa shape index (κ3) is 5.43. The Balaban J connectivity index is 1.56. The Hall–Kier alpha value is -4.91. The largest absolute Gasteiger partial charge is 0.478 e. The number of amides is 1. The van der Waals surface area contributed by atoms with Crippen LogP contribution in [0.1, 0.15) is 76.2 Å². The summed E-state index contributed by atoms with van der Waals surface area (Å²) in [6, 6.07) is 28.7. The Morgan fingerprint density at radius 1 is 0.976 bits per heavy atom. The Morgan fingerprint density at radius 3 is 2.39 bits per heavy atom. The topological polar surface area (TPSA) is 128 Å². The molecule has 1 amide bonds. The Kier molecular flexibility index (Phi) is 7.37. The van der Waals surface area contributed by atoms with Crippen LogP contribution >= 0.6 is 0 Å². The predicted octanol–water partition coefficient (Wildman–Crippen LogP) is 6.34. The van der Waals surface area contributed by atoms with Crippen molar-refractivity contribution in [3.8, 4) is 11.1 Å². The van der Waals surface area contributed by atoms with E-state index in [-0.39, 0.29) is 34.8 Å². The van der Waals surface area contributed by atoms with Crippen LogP contribution in [0.2, 0.25) is 0 Å². The average molecular weight is 547 g/mol. The van der Waals surface area contributed by atoms with Gasteiger partial charge in [-0.25, -0.2) is 4.79 Å². The van der Waals surface area contributed by atoms with Gasteiger partial charge in [0.25, 0.3) is 5.91 Å². The molecule has 7 heteroatoms. The van der Waals surface area contributed by atoms with Gasteiger partial charge in [-0.15, -0.1) is 0 Å². The summed E-state index contributed by atoms with van der Waals surface area (Å²) in [4.78, 5) is 24.8. The lowest BCUT2D eigenvalue weighted by Crippen LogP contribution is -2.35. The third-order valence-electron chi connectivity index (χ3n) is 7.81. The van der Waals surface area contributed by atoms with E-state index >= 15 is 0 Å². The molecule has 1 aliphatic heterocycles. The first kappa shape index (κ1) is 27.6. The highest BCUT2D eigenvalue weighted by Gasteiger charge is 2.39. The molecular weight excluding hydrogens is 512 g/mol. The van der Waals surface area contributed by atoms with Crippen molar-refractivity contribution in [1.82, 2.24) is 5.32 Å². The molecule has 4 aromatic carbocycles. The molecule has 2 unspecified atom stereocenters. The summed E-state index contributed by atoms with van der Waals surface area (Å²) >= 11 is 0. The highest BCUT2D eigenvalue weighted by molar-refractivity contribution is 6.01. The number of carboxylic acids is 1. The molecule has 0 saturated heterocycles. The van der Waals surface area contributed by atoms with Gasteiger partial charge in [0, 0.05) is 28.3 Å². The first-order chi connectivity index (χ1) is 19.6. The minimum atomic E-state index is -1.09. The quantitative estimate of drug-likeness (QED) is 0.137. The van der Waals surface area contributed by atoms with E-state index in [4.69, 9.17) is 11.1 Å². The number of anilines is 1. The second-order valence-corrected chi connectivity index (χ2v) is 11.1. The van der Waals surface area contributed by atoms with Crippen molar-refractivity contribution in [2.45, 2.75) is 44.7 Å². The zero-order valence-electron chi connectivity index (χ0n) is 23.4. The van der Waals surface area contributed by atoms with Crippen LogP contribution in [0.4, 0.5) is 5.69 Å². The first-order valence-electron chi connectivity index (χ1n) is 13.7. The molecule has 0 fully saturated rings. The van der Waals surface area contributed by atoms with Gasteiger partial charge in [0.2, 0.25) is 0 Å². The molecule has 7 nitrogen and oxygen atoms in total. The number of nitrogens with one attached hydrogen (secondary N) is 3. The third-order valence-corrected chi connectivity index (χ3v) is 7.81. The second kappa shape index (κ2) is 10.9. The number of nitrogen functional groups attached to an aromatic ring is 1. The number of aromatic carboxylic acids is 1. The van der Waals surface area contributed by atoms with Crippen LogP contribution in [-0.4, -0.2) is 28.9 Å². The first-order valence-corrected chi connectivity index (χ1v) is 13.7. The Bertz CT molecular complexity index is 1650. The van der Waals surface area contributed by atoms with Crippen molar-refractivity contribution in [3.05, 3.63) is 124 Å². The van der Waals surface area contributed by atoms with E-state index < -0.39 is 5.97 Å². The Morgan fingerprint density at radius 2 is 1.71 bits per heavy atom. The van der Waals surface area contributed by atoms with Crippen LogP contribution in [0.25, 0.3) is 11.1 Å². The molecule has 0 aliphatic carbocycles. The lowest BCUT2D eigenvalue weighted by molar-refractivity contribution is 0.0697. The van der Waals surface area contributed by atoms with Gasteiger partial charge in [-0.1, -0.05) is 61.5 Å². The molecular formula is C34H34N4O3. The molecule has 41 heavy (non-hydrogen) atoms. The summed E-state index contributed by atoms with van der Waals surface area (Å²) in [6.07, 6.45) is 0.731. The van der Waals surface area contributed by atoms with E-state index in [9.17, 15) is 14.7 Å². The number of benzene rings is 4. The average Bonchev–Trinajstić information content (AvgIpc) is 2.96. The highest BCUT2D eigenvalue weighted by Crippen LogP contribution is 2.48. The Labute approximate surface area is 239 Å². The number of hydrogen-bond donors (Lipinski definition) is 5. The van der Waals surface area contributed by atoms with Crippen molar-refractivity contribution in [2.75, 3.05) is 5.32 Å². The van der Waals surface area contributed by atoms with Crippen molar-refractivity contribution >= 4 is 23.4 Å². The fourth-order valence-corrected chi connectivity index (χ4v) is 5.71. The van der Waals surface area contributed by atoms with Crippen LogP contribution in [0.15, 0.2) is 91.0 Å². The van der Waals surface area contributed by atoms with E-state index in [0.29, 0.717) is 16.7 Å². The number of carboxylic acid groups (broad SMARTS) is 1. The SMILES string of the molecule is CC(C)NC(=O)c1ccc(-c2cccc(C3CC(C)(c4ccccc4)c4cc(C(=N)N)ccc4N3)c2)c(C(=O)O)c1. The fourth-order valence-electron chi connectivity index (χ4n) is 5.71. The monoisotopic (exact) mass is 546 g/mol. The van der Waals surface area contributed by atoms with Crippen molar-refractivity contribution in [1.29, 1.82) is 5.41 Å². The minimum absolute atomic E-state index is 0.0278. The van der Waals surface area contributed by atoms with Gasteiger partial charge in [0.15, 0.2) is 0 Å². The number of hydrogen-bond acceptors (Lipinski definition) is 4. The van der Waals surface area contributed by atoms with E-state index in [1.54, 1.807) is 12.1 Å². The molecule has 1 aliphatic rings. The molecule has 208 valence electrons. The number of rotatable bonds is 7. The molecule has 4 aromatic rings. The number of nitrogens with two attached hydrogens (primary N) is 1. The molecule has 0 radical (unpaired) electrons. The van der Waals surface area contributed by atoms with Gasteiger partial charge >= 0.3 is 5.97 Å². The van der Waals surface area contributed by atoms with Gasteiger partial charge in [-0.05, 0) is 84.5 Å². The molecule has 0 aromatic heterocycles. The van der Waals surface area contributed by atoms with Crippen LogP contribution in [0, 0.1) is 5.41 Å². The zero-order valence-corrected chi connectivity index (χ0v) is 23.4. The van der Waals surface area contributed by atoms with Gasteiger partial charge in [-0.2, -0.15) is 0 Å². The molecule has 0 bridgehead atoms. The van der Waals surface area contributed by atoms with Crippen LogP contribution in [0.5, 0.6) is 0 Å². The van der Waals surface area contributed by atoms with Gasteiger partial charge in [-0.3, -0.25) is 10.2 Å². The maximum absolute atomic E-state index is 12.5. The standard InChI is InChI=1S/C34H34N4O3/c1-20(2)37-32(39)24-12-14-26(27(17-24)33(40)41)21-8-7-9-22(16-21)30-19-34(3,25-10-5-4-6-11-25)28-18-23(31(35)36)13-15-29(28)38-30/h4-18,20,30,38H,19H2,1-3H3,(H3,35,36)(H,37,39)(H,40,41). The number of carbonyl (C=O) groups is 2. The van der Waals surface area contributed by atoms with Crippen LogP contribution in [-0.2, 0) is 5.41 Å². The molecule has 0 spiro atoms. The maximum atomic E-state index is 12.5. The molecule has 1 heterocycles. The lowest BCUT2D eigenvalue weighted by Gasteiger charge is -2.42. The summed E-state index contributed by atoms with van der Waals surface area (Å²) in [7, 11) is 0. The molecule has 5 rings (SSSR count). The highest BCUT2D eigenvalue weighted by atomic mass is 16.4. The van der Waals surface area contributed by atoms with Crippen LogP contribution < -0.4 is 16.4 Å². The summed E-state index contributed by atoms with van der Waals surface area (Å²) < 4.78 is 0. The van der Waals surface area contributed by atoms with Crippen LogP contribution in [0.3, 0.4) is 0 Å². The summed E-state index contributed by atoms with van der Waals surface area (Å²) in [6.45, 7) is 5.93. The van der Waals surface area contributed by atoms with Gasteiger partial charge < -0.3 is 21.5 Å². The number of amidine groups is 1. The van der Waals surface area contributed by atoms with E-state index in [2.05, 4.69) is 29.7 Å². The lowest BCUT2D eigenvalue weighted by atomic mass is 9.68. The molecule has 6 N–H and O–H groups in total. The molecule has 0 saturated carbocycles. The fraction of sp³-hybridized carbons (Fsp3) is 0.206. The van der Waals surface area contributed by atoms with E-state index in [1.807, 2.05) is 74.5 Å². The summed E-state index contributed by atoms with van der Waals surface area (Å²) in [5, 5.41) is 24.5. The van der Waals surface area contributed by atoms with Crippen molar-refractivity contribution < 1.29 is 14.7 Å². The number of carbonyl (C=O) groups excluding carboxylic acids is 1. The van der Waals surface area contributed by atoms with Gasteiger partial charge in [0.05, 0.1) is 11.6 Å². The minimum Gasteiger partial charge on any atom is -0.478 e. The summed E-state index contributed by atoms with van der Waals surface area (Å²) in [5.74, 6) is -1.37. The summed E-state index contributed by atoms with van der Waals surface area (Å²) in [5.41, 5.74) is 12.1. The zero-order chi connectivity index (χ0) is 29.3.